The van der Waals surface area contributed by atoms with Crippen molar-refractivity contribution in [2.75, 3.05) is 26.3 Å². The minimum Gasteiger partial charge on any atom is -0.481 e. The van der Waals surface area contributed by atoms with Gasteiger partial charge in [-0.3, -0.25) is 9.59 Å². The molecule has 0 spiro atoms. The summed E-state index contributed by atoms with van der Waals surface area (Å²) in [6.45, 7) is 1.49. The summed E-state index contributed by atoms with van der Waals surface area (Å²) in [5.41, 5.74) is -2.84. The van der Waals surface area contributed by atoms with Crippen molar-refractivity contribution in [2.45, 2.75) is 32.4 Å². The number of hydrogen-bond acceptors (Lipinski definition) is 3. The average Bonchev–Trinajstić information content (AvgIpc) is 2.80. The maximum Gasteiger partial charge on any atom is 0.406 e. The molecule has 1 aliphatic heterocycles. The predicted molar refractivity (Wildman–Crippen MR) is 63.0 cm³/mol. The average molecular weight is 297 g/mol. The number of likely N-dealkylation sites (tertiary alicyclic amines) is 1. The third-order valence-corrected chi connectivity index (χ3v) is 3.38. The highest BCUT2D eigenvalue weighted by molar-refractivity contribution is 5.81. The fourth-order valence-electron chi connectivity index (χ4n) is 2.11. The van der Waals surface area contributed by atoms with E-state index in [1.54, 1.807) is 0 Å². The van der Waals surface area contributed by atoms with Crippen LogP contribution >= 0.6 is 0 Å². The van der Waals surface area contributed by atoms with Gasteiger partial charge in [-0.25, -0.2) is 0 Å². The second-order valence-corrected chi connectivity index (χ2v) is 4.81. The molecule has 1 amide bonds. The number of halogens is 3. The monoisotopic (exact) mass is 297 g/mol. The maximum atomic E-state index is 12.9. The van der Waals surface area contributed by atoms with Crippen molar-refractivity contribution < 1.29 is 32.6 Å². The van der Waals surface area contributed by atoms with E-state index in [0.29, 0.717) is 6.61 Å². The van der Waals surface area contributed by atoms with Crippen LogP contribution in [0.1, 0.15) is 26.2 Å². The number of rotatable bonds is 6. The minimum atomic E-state index is -4.87. The highest BCUT2D eigenvalue weighted by Crippen LogP contribution is 2.45. The molecule has 5 nitrogen and oxygen atoms in total. The fraction of sp³-hybridized carbons (Fsp3) is 0.833. The zero-order valence-electron chi connectivity index (χ0n) is 11.2. The second-order valence-electron chi connectivity index (χ2n) is 4.81. The van der Waals surface area contributed by atoms with Crippen molar-refractivity contribution in [3.05, 3.63) is 0 Å². The van der Waals surface area contributed by atoms with Crippen LogP contribution in [0.3, 0.4) is 0 Å². The molecule has 0 bridgehead atoms. The zero-order chi connectivity index (χ0) is 15.4. The molecule has 1 heterocycles. The molecule has 0 aromatic rings. The second kappa shape index (κ2) is 6.43. The molecule has 0 aliphatic carbocycles. The van der Waals surface area contributed by atoms with E-state index in [1.165, 1.54) is 0 Å². The minimum absolute atomic E-state index is 0.0342. The molecule has 1 N–H and O–H groups in total. The first-order valence-electron chi connectivity index (χ1n) is 6.40. The molecule has 1 atom stereocenters. The Kier molecular flexibility index (Phi) is 5.38. The Morgan fingerprint density at radius 2 is 2.00 bits per heavy atom. The highest BCUT2D eigenvalue weighted by Gasteiger charge is 2.64. The standard InChI is InChI=1S/C12H18F3NO4/c1-2-6-20-7-3-9(17)16-5-4-11(8-16,10(18)19)12(13,14)15/h2-8H2,1H3,(H,18,19). The lowest BCUT2D eigenvalue weighted by Gasteiger charge is -2.27. The molecule has 0 radical (unpaired) electrons. The molecule has 8 heteroatoms. The first-order valence-corrected chi connectivity index (χ1v) is 6.40. The number of alkyl halides is 3. The molecule has 1 rings (SSSR count). The number of carboxylic acid groups (broad SMARTS) is 1. The quantitative estimate of drug-likeness (QED) is 0.757. The van der Waals surface area contributed by atoms with Crippen molar-refractivity contribution >= 4 is 11.9 Å². The first-order chi connectivity index (χ1) is 9.24. The van der Waals surface area contributed by atoms with Gasteiger partial charge in [0.2, 0.25) is 5.91 Å². The maximum absolute atomic E-state index is 12.9. The molecule has 1 unspecified atom stereocenters. The molecule has 0 saturated carbocycles. The summed E-state index contributed by atoms with van der Waals surface area (Å²) < 4.78 is 43.8. The number of amides is 1. The van der Waals surface area contributed by atoms with E-state index in [9.17, 15) is 22.8 Å². The Morgan fingerprint density at radius 3 is 2.45 bits per heavy atom. The lowest BCUT2D eigenvalue weighted by Crippen LogP contribution is -2.47. The van der Waals surface area contributed by atoms with Gasteiger partial charge in [0.25, 0.3) is 0 Å². The molecule has 20 heavy (non-hydrogen) atoms. The molecular formula is C12H18F3NO4. The number of carbonyl (C=O) groups excluding carboxylic acids is 1. The van der Waals surface area contributed by atoms with Crippen LogP contribution in [0.15, 0.2) is 0 Å². The summed E-state index contributed by atoms with van der Waals surface area (Å²) in [6, 6.07) is 0. The zero-order valence-corrected chi connectivity index (χ0v) is 11.2. The molecule has 0 aromatic heterocycles. The number of ether oxygens (including phenoxy) is 1. The van der Waals surface area contributed by atoms with Crippen LogP contribution in [0, 0.1) is 5.41 Å². The fourth-order valence-corrected chi connectivity index (χ4v) is 2.11. The SMILES string of the molecule is CCCOCCC(=O)N1CCC(C(=O)O)(C(F)(F)F)C1. The third kappa shape index (κ3) is 3.41. The van der Waals surface area contributed by atoms with Crippen molar-refractivity contribution in [2.24, 2.45) is 5.41 Å². The van der Waals surface area contributed by atoms with E-state index >= 15 is 0 Å². The molecular weight excluding hydrogens is 279 g/mol. The van der Waals surface area contributed by atoms with Gasteiger partial charge in [0.15, 0.2) is 5.41 Å². The van der Waals surface area contributed by atoms with E-state index in [-0.39, 0.29) is 19.6 Å². The lowest BCUT2D eigenvalue weighted by molar-refractivity contribution is -0.227. The van der Waals surface area contributed by atoms with Gasteiger partial charge in [-0.1, -0.05) is 6.92 Å². The number of carboxylic acids is 1. The molecule has 116 valence electrons. The number of carbonyl (C=O) groups is 2. The van der Waals surface area contributed by atoms with E-state index in [4.69, 9.17) is 9.84 Å². The van der Waals surface area contributed by atoms with Gasteiger partial charge in [-0.05, 0) is 12.8 Å². The Morgan fingerprint density at radius 1 is 1.35 bits per heavy atom. The normalized spacial score (nSPS) is 23.1. The van der Waals surface area contributed by atoms with Gasteiger partial charge in [-0.15, -0.1) is 0 Å². The van der Waals surface area contributed by atoms with Crippen LogP contribution in [0.4, 0.5) is 13.2 Å². The summed E-state index contributed by atoms with van der Waals surface area (Å²) >= 11 is 0. The summed E-state index contributed by atoms with van der Waals surface area (Å²) in [4.78, 5) is 23.6. The summed E-state index contributed by atoms with van der Waals surface area (Å²) in [7, 11) is 0. The molecule has 1 aliphatic rings. The molecule has 1 saturated heterocycles. The van der Waals surface area contributed by atoms with Gasteiger partial charge in [-0.2, -0.15) is 13.2 Å². The predicted octanol–water partition coefficient (Wildman–Crippen LogP) is 1.67. The highest BCUT2D eigenvalue weighted by atomic mass is 19.4. The van der Waals surface area contributed by atoms with Gasteiger partial charge < -0.3 is 14.7 Å². The Hall–Kier alpha value is -1.31. The van der Waals surface area contributed by atoms with E-state index in [1.807, 2.05) is 6.92 Å². The van der Waals surface area contributed by atoms with E-state index in [0.717, 1.165) is 11.3 Å². The van der Waals surface area contributed by atoms with Crippen molar-refractivity contribution in [1.29, 1.82) is 0 Å². The van der Waals surface area contributed by atoms with Crippen molar-refractivity contribution in [3.8, 4) is 0 Å². The number of hydrogen-bond donors (Lipinski definition) is 1. The van der Waals surface area contributed by atoms with Crippen LogP contribution in [-0.4, -0.2) is 54.4 Å². The Bertz CT molecular complexity index is 372. The number of aliphatic carboxylic acids is 1. The van der Waals surface area contributed by atoms with Crippen LogP contribution in [0.5, 0.6) is 0 Å². The Labute approximate surface area is 114 Å². The lowest BCUT2D eigenvalue weighted by atomic mass is 9.86. The summed E-state index contributed by atoms with van der Waals surface area (Å²) in [5.74, 6) is -2.43. The van der Waals surface area contributed by atoms with Crippen LogP contribution < -0.4 is 0 Å². The third-order valence-electron chi connectivity index (χ3n) is 3.38. The van der Waals surface area contributed by atoms with E-state index < -0.39 is 36.4 Å². The molecule has 1 fully saturated rings. The summed E-state index contributed by atoms with van der Waals surface area (Å²) in [5, 5.41) is 8.86. The van der Waals surface area contributed by atoms with Gasteiger partial charge >= 0.3 is 12.1 Å². The Balaban J connectivity index is 2.61. The van der Waals surface area contributed by atoms with Gasteiger partial charge in [0, 0.05) is 19.7 Å². The topological polar surface area (TPSA) is 66.8 Å². The van der Waals surface area contributed by atoms with Crippen LogP contribution in [-0.2, 0) is 14.3 Å². The first kappa shape index (κ1) is 16.7. The van der Waals surface area contributed by atoms with Gasteiger partial charge in [0.1, 0.15) is 0 Å². The van der Waals surface area contributed by atoms with Crippen LogP contribution in [0.25, 0.3) is 0 Å². The van der Waals surface area contributed by atoms with Crippen molar-refractivity contribution in [3.63, 3.8) is 0 Å². The number of nitrogens with zero attached hydrogens (tertiary/aromatic N) is 1. The van der Waals surface area contributed by atoms with Crippen LogP contribution in [0.2, 0.25) is 0 Å². The largest absolute Gasteiger partial charge is 0.481 e. The van der Waals surface area contributed by atoms with E-state index in [2.05, 4.69) is 0 Å². The molecule has 0 aromatic carbocycles. The summed E-state index contributed by atoms with van der Waals surface area (Å²) in [6.07, 6.45) is -4.72. The van der Waals surface area contributed by atoms with Gasteiger partial charge in [0.05, 0.1) is 13.0 Å². The van der Waals surface area contributed by atoms with Crippen molar-refractivity contribution in [1.82, 2.24) is 4.90 Å². The smallest absolute Gasteiger partial charge is 0.406 e.